The van der Waals surface area contributed by atoms with E-state index in [1.54, 1.807) is 20.8 Å². The SMILES string of the molecule is COC(=O)C(C)(C)C(=O)C1(C)CN=N1. The van der Waals surface area contributed by atoms with E-state index >= 15 is 0 Å². The molecule has 1 rings (SSSR count). The van der Waals surface area contributed by atoms with Crippen LogP contribution in [0.5, 0.6) is 0 Å². The molecule has 0 bridgehead atoms. The van der Waals surface area contributed by atoms with Gasteiger partial charge in [-0.2, -0.15) is 10.2 Å². The Morgan fingerprint density at radius 2 is 1.93 bits per heavy atom. The predicted octanol–water partition coefficient (Wildman–Crippen LogP) is 0.979. The van der Waals surface area contributed by atoms with Gasteiger partial charge in [-0.05, 0) is 20.8 Å². The van der Waals surface area contributed by atoms with Gasteiger partial charge in [-0.3, -0.25) is 9.59 Å². The molecule has 0 spiro atoms. The molecule has 5 heteroatoms. The van der Waals surface area contributed by atoms with Crippen LogP contribution in [0.1, 0.15) is 20.8 Å². The van der Waals surface area contributed by atoms with E-state index in [1.807, 2.05) is 0 Å². The number of esters is 1. The molecule has 0 aromatic carbocycles. The summed E-state index contributed by atoms with van der Waals surface area (Å²) in [5, 5.41) is 7.39. The first-order chi connectivity index (χ1) is 6.34. The summed E-state index contributed by atoms with van der Waals surface area (Å²) in [6, 6.07) is 0. The highest BCUT2D eigenvalue weighted by molar-refractivity contribution is 6.07. The van der Waals surface area contributed by atoms with Gasteiger partial charge < -0.3 is 4.74 Å². The van der Waals surface area contributed by atoms with Gasteiger partial charge in [-0.15, -0.1) is 0 Å². The van der Waals surface area contributed by atoms with Crippen LogP contribution in [0.3, 0.4) is 0 Å². The highest BCUT2D eigenvalue weighted by Gasteiger charge is 2.50. The zero-order valence-corrected chi connectivity index (χ0v) is 8.83. The molecule has 0 aromatic rings. The van der Waals surface area contributed by atoms with Crippen molar-refractivity contribution in [2.24, 2.45) is 15.6 Å². The number of ketones is 1. The van der Waals surface area contributed by atoms with Crippen LogP contribution in [0, 0.1) is 5.41 Å². The van der Waals surface area contributed by atoms with Crippen LogP contribution in [0.2, 0.25) is 0 Å². The maximum absolute atomic E-state index is 11.9. The molecule has 0 saturated heterocycles. The first kappa shape index (κ1) is 10.8. The van der Waals surface area contributed by atoms with Crippen molar-refractivity contribution in [3.05, 3.63) is 0 Å². The first-order valence-corrected chi connectivity index (χ1v) is 4.36. The number of ether oxygens (including phenoxy) is 1. The summed E-state index contributed by atoms with van der Waals surface area (Å²) in [6.45, 7) is 5.11. The normalized spacial score (nSPS) is 25.4. The molecule has 78 valence electrons. The van der Waals surface area contributed by atoms with E-state index in [9.17, 15) is 9.59 Å². The predicted molar refractivity (Wildman–Crippen MR) is 48.9 cm³/mol. The lowest BCUT2D eigenvalue weighted by Crippen LogP contribution is -2.51. The van der Waals surface area contributed by atoms with Crippen molar-refractivity contribution in [3.63, 3.8) is 0 Å². The Hall–Kier alpha value is -1.26. The summed E-state index contributed by atoms with van der Waals surface area (Å²) in [4.78, 5) is 23.3. The average Bonchev–Trinajstić information content (AvgIpc) is 2.11. The lowest BCUT2D eigenvalue weighted by Gasteiger charge is -2.32. The minimum Gasteiger partial charge on any atom is -0.468 e. The molecule has 0 saturated carbocycles. The molecular weight excluding hydrogens is 184 g/mol. The van der Waals surface area contributed by atoms with Crippen molar-refractivity contribution in [2.75, 3.05) is 13.7 Å². The third-order valence-corrected chi connectivity index (χ3v) is 2.42. The molecular formula is C9H14N2O3. The van der Waals surface area contributed by atoms with Crippen molar-refractivity contribution in [3.8, 4) is 0 Å². The third kappa shape index (κ3) is 1.42. The average molecular weight is 198 g/mol. The maximum Gasteiger partial charge on any atom is 0.318 e. The summed E-state index contributed by atoms with van der Waals surface area (Å²) < 4.78 is 4.57. The van der Waals surface area contributed by atoms with Crippen molar-refractivity contribution in [1.82, 2.24) is 0 Å². The molecule has 1 aliphatic rings. The van der Waals surface area contributed by atoms with Gasteiger partial charge in [-0.1, -0.05) is 0 Å². The molecule has 0 radical (unpaired) electrons. The number of nitrogens with zero attached hydrogens (tertiary/aromatic N) is 2. The molecule has 0 fully saturated rings. The number of methoxy groups -OCH3 is 1. The Morgan fingerprint density at radius 3 is 2.21 bits per heavy atom. The van der Waals surface area contributed by atoms with Crippen molar-refractivity contribution < 1.29 is 14.3 Å². The van der Waals surface area contributed by atoms with E-state index in [1.165, 1.54) is 7.11 Å². The summed E-state index contributed by atoms with van der Waals surface area (Å²) >= 11 is 0. The van der Waals surface area contributed by atoms with E-state index < -0.39 is 16.9 Å². The topological polar surface area (TPSA) is 68.1 Å². The van der Waals surface area contributed by atoms with Gasteiger partial charge in [0.15, 0.2) is 11.3 Å². The number of azo groups is 1. The van der Waals surface area contributed by atoms with Crippen LogP contribution in [-0.4, -0.2) is 30.9 Å². The Balaban J connectivity index is 2.88. The van der Waals surface area contributed by atoms with Crippen LogP contribution < -0.4 is 0 Å². The van der Waals surface area contributed by atoms with Crippen molar-refractivity contribution in [1.29, 1.82) is 0 Å². The highest BCUT2D eigenvalue weighted by Crippen LogP contribution is 2.32. The minimum atomic E-state index is -1.15. The Labute approximate surface area is 82.5 Å². The van der Waals surface area contributed by atoms with Crippen molar-refractivity contribution >= 4 is 11.8 Å². The van der Waals surface area contributed by atoms with Gasteiger partial charge in [0.1, 0.15) is 5.41 Å². The lowest BCUT2D eigenvalue weighted by molar-refractivity contribution is -0.157. The van der Waals surface area contributed by atoms with E-state index in [4.69, 9.17) is 0 Å². The smallest absolute Gasteiger partial charge is 0.318 e. The van der Waals surface area contributed by atoms with Crippen LogP contribution in [0.4, 0.5) is 0 Å². The summed E-state index contributed by atoms with van der Waals surface area (Å²) in [7, 11) is 1.27. The van der Waals surface area contributed by atoms with E-state index in [0.717, 1.165) is 0 Å². The zero-order valence-electron chi connectivity index (χ0n) is 8.83. The zero-order chi connectivity index (χ0) is 11.0. The maximum atomic E-state index is 11.9. The van der Waals surface area contributed by atoms with Crippen LogP contribution in [0.25, 0.3) is 0 Å². The molecule has 0 aliphatic carbocycles. The monoisotopic (exact) mass is 198 g/mol. The van der Waals surface area contributed by atoms with Gasteiger partial charge in [0, 0.05) is 0 Å². The van der Waals surface area contributed by atoms with Gasteiger partial charge in [-0.25, -0.2) is 0 Å². The highest BCUT2D eigenvalue weighted by atomic mass is 16.5. The number of Topliss-reactive ketones (excluding diaryl/α,β-unsaturated/α-hetero) is 1. The fourth-order valence-electron chi connectivity index (χ4n) is 1.42. The standard InChI is InChI=1S/C9H14N2O3/c1-8(2,7(13)14-4)6(12)9(3)5-10-11-9/h5H2,1-4H3. The van der Waals surface area contributed by atoms with E-state index in [2.05, 4.69) is 15.0 Å². The van der Waals surface area contributed by atoms with Gasteiger partial charge in [0.2, 0.25) is 0 Å². The number of hydrogen-bond acceptors (Lipinski definition) is 5. The number of carbonyl (C=O) groups excluding carboxylic acids is 2. The quantitative estimate of drug-likeness (QED) is 0.501. The summed E-state index contributed by atoms with van der Waals surface area (Å²) in [6.07, 6.45) is 0. The Bertz CT molecular complexity index is 309. The molecule has 1 aliphatic heterocycles. The fourth-order valence-corrected chi connectivity index (χ4v) is 1.42. The second kappa shape index (κ2) is 3.15. The van der Waals surface area contributed by atoms with E-state index in [0.29, 0.717) is 6.54 Å². The number of carbonyl (C=O) groups is 2. The fraction of sp³-hybridized carbons (Fsp3) is 0.778. The molecule has 1 heterocycles. The summed E-state index contributed by atoms with van der Waals surface area (Å²) in [5.41, 5.74) is -1.99. The molecule has 14 heavy (non-hydrogen) atoms. The molecule has 5 nitrogen and oxygen atoms in total. The molecule has 0 N–H and O–H groups in total. The van der Waals surface area contributed by atoms with Crippen LogP contribution in [-0.2, 0) is 14.3 Å². The first-order valence-electron chi connectivity index (χ1n) is 4.36. The molecule has 1 unspecified atom stereocenters. The molecule has 0 amide bonds. The second-order valence-corrected chi connectivity index (χ2v) is 4.12. The minimum absolute atomic E-state index is 0.244. The van der Waals surface area contributed by atoms with E-state index in [-0.39, 0.29) is 5.78 Å². The van der Waals surface area contributed by atoms with Crippen LogP contribution in [0.15, 0.2) is 10.2 Å². The Morgan fingerprint density at radius 1 is 1.43 bits per heavy atom. The number of rotatable bonds is 3. The van der Waals surface area contributed by atoms with Crippen molar-refractivity contribution in [2.45, 2.75) is 26.3 Å². The summed E-state index contributed by atoms with van der Waals surface area (Å²) in [5.74, 6) is -0.780. The molecule has 0 aromatic heterocycles. The molecule has 1 atom stereocenters. The second-order valence-electron chi connectivity index (χ2n) is 4.12. The largest absolute Gasteiger partial charge is 0.468 e. The van der Waals surface area contributed by atoms with Gasteiger partial charge in [0.25, 0.3) is 0 Å². The van der Waals surface area contributed by atoms with Gasteiger partial charge in [0.05, 0.1) is 13.7 Å². The third-order valence-electron chi connectivity index (χ3n) is 2.42. The van der Waals surface area contributed by atoms with Gasteiger partial charge >= 0.3 is 5.97 Å². The Kier molecular flexibility index (Phi) is 2.43. The van der Waals surface area contributed by atoms with Crippen LogP contribution >= 0.6 is 0 Å². The lowest BCUT2D eigenvalue weighted by atomic mass is 9.77. The number of hydrogen-bond donors (Lipinski definition) is 0.